The molecule has 3 N–H and O–H groups in total. The largest absolute Gasteiger partial charge is 0.388 e. The molecule has 2 heterocycles. The molecule has 0 radical (unpaired) electrons. The van der Waals surface area contributed by atoms with Gasteiger partial charge in [-0.3, -0.25) is 9.78 Å². The van der Waals surface area contributed by atoms with Crippen LogP contribution in [0.15, 0.2) is 134 Å². The number of nitrogens with one attached hydrogen (secondary N) is 2. The number of pyridine rings is 2. The lowest BCUT2D eigenvalue weighted by Crippen LogP contribution is -2.27. The maximum absolute atomic E-state index is 13.6. The SMILES string of the molecule is O=C(C=Cc1cccc(F)c1)Nc1ccccc1[C@@H](Nc1ccccn1)[C@H](c1ccccn1)[C@H](O)c1ccccc1. The molecule has 41 heavy (non-hydrogen) atoms. The molecule has 2 aromatic heterocycles. The highest BCUT2D eigenvalue weighted by Crippen LogP contribution is 2.43. The average Bonchev–Trinajstić information content (AvgIpc) is 3.01. The van der Waals surface area contributed by atoms with E-state index in [-0.39, 0.29) is 11.7 Å². The minimum Gasteiger partial charge on any atom is -0.388 e. The van der Waals surface area contributed by atoms with Crippen molar-refractivity contribution < 1.29 is 14.3 Å². The van der Waals surface area contributed by atoms with Gasteiger partial charge in [0.1, 0.15) is 11.6 Å². The first-order valence-corrected chi connectivity index (χ1v) is 13.2. The fourth-order valence-corrected chi connectivity index (χ4v) is 4.75. The monoisotopic (exact) mass is 544 g/mol. The molecule has 0 saturated heterocycles. The lowest BCUT2D eigenvalue weighted by molar-refractivity contribution is -0.111. The molecule has 3 atom stereocenters. The summed E-state index contributed by atoms with van der Waals surface area (Å²) in [4.78, 5) is 22.1. The van der Waals surface area contributed by atoms with Crippen LogP contribution in [0.25, 0.3) is 6.08 Å². The number of hydrogen-bond donors (Lipinski definition) is 3. The molecule has 0 bridgehead atoms. The number of rotatable bonds is 10. The number of benzene rings is 3. The van der Waals surface area contributed by atoms with Crippen molar-refractivity contribution >= 4 is 23.5 Å². The Morgan fingerprint density at radius 3 is 2.27 bits per heavy atom. The van der Waals surface area contributed by atoms with Gasteiger partial charge in [0.25, 0.3) is 0 Å². The first-order chi connectivity index (χ1) is 20.1. The predicted octanol–water partition coefficient (Wildman–Crippen LogP) is 6.94. The summed E-state index contributed by atoms with van der Waals surface area (Å²) in [6.45, 7) is 0. The number of amides is 1. The molecule has 7 heteroatoms. The minimum absolute atomic E-state index is 0.376. The highest BCUT2D eigenvalue weighted by atomic mass is 19.1. The van der Waals surface area contributed by atoms with Crippen molar-refractivity contribution in [1.82, 2.24) is 9.97 Å². The maximum Gasteiger partial charge on any atom is 0.248 e. The number of aliphatic hydroxyl groups excluding tert-OH is 1. The second-order valence-electron chi connectivity index (χ2n) is 9.44. The number of anilines is 2. The summed E-state index contributed by atoms with van der Waals surface area (Å²) in [5.74, 6) is -0.720. The Morgan fingerprint density at radius 1 is 0.805 bits per heavy atom. The second-order valence-corrected chi connectivity index (χ2v) is 9.44. The average molecular weight is 545 g/mol. The Hall–Kier alpha value is -5.14. The van der Waals surface area contributed by atoms with Gasteiger partial charge in [0, 0.05) is 29.9 Å². The quantitative estimate of drug-likeness (QED) is 0.166. The van der Waals surface area contributed by atoms with Gasteiger partial charge in [-0.1, -0.05) is 72.8 Å². The number of aromatic nitrogens is 2. The zero-order valence-corrected chi connectivity index (χ0v) is 22.1. The molecule has 0 aliphatic rings. The fraction of sp³-hybridized carbons (Fsp3) is 0.0882. The Bertz CT molecular complexity index is 1600. The van der Waals surface area contributed by atoms with Gasteiger partial charge in [-0.15, -0.1) is 0 Å². The topological polar surface area (TPSA) is 87.1 Å². The van der Waals surface area contributed by atoms with Gasteiger partial charge in [-0.05, 0) is 65.2 Å². The molecule has 0 unspecified atom stereocenters. The normalized spacial score (nSPS) is 13.3. The molecule has 204 valence electrons. The van der Waals surface area contributed by atoms with Crippen LogP contribution in [0.1, 0.15) is 40.4 Å². The van der Waals surface area contributed by atoms with Crippen molar-refractivity contribution in [2.75, 3.05) is 10.6 Å². The van der Waals surface area contributed by atoms with E-state index in [1.807, 2.05) is 84.9 Å². The van der Waals surface area contributed by atoms with E-state index in [0.29, 0.717) is 22.8 Å². The molecule has 0 aliphatic carbocycles. The van der Waals surface area contributed by atoms with Gasteiger partial charge < -0.3 is 15.7 Å². The molecule has 3 aromatic carbocycles. The lowest BCUT2D eigenvalue weighted by Gasteiger charge is -2.33. The van der Waals surface area contributed by atoms with Gasteiger partial charge in [0.05, 0.1) is 18.1 Å². The summed E-state index contributed by atoms with van der Waals surface area (Å²) in [5.41, 5.74) is 3.26. The summed E-state index contributed by atoms with van der Waals surface area (Å²) >= 11 is 0. The summed E-state index contributed by atoms with van der Waals surface area (Å²) in [6.07, 6.45) is 5.36. The first-order valence-electron chi connectivity index (χ1n) is 13.2. The number of carbonyl (C=O) groups is 1. The highest BCUT2D eigenvalue weighted by Gasteiger charge is 2.35. The van der Waals surface area contributed by atoms with Crippen LogP contribution in [0.4, 0.5) is 15.9 Å². The van der Waals surface area contributed by atoms with Crippen LogP contribution in [-0.2, 0) is 4.79 Å². The van der Waals surface area contributed by atoms with E-state index in [2.05, 4.69) is 20.6 Å². The van der Waals surface area contributed by atoms with Crippen molar-refractivity contribution in [3.63, 3.8) is 0 Å². The number of carbonyl (C=O) groups excluding carboxylic acids is 1. The summed E-state index contributed by atoms with van der Waals surface area (Å²) in [5, 5.41) is 18.3. The van der Waals surface area contributed by atoms with Crippen LogP contribution in [0.2, 0.25) is 0 Å². The third-order valence-corrected chi connectivity index (χ3v) is 6.67. The van der Waals surface area contributed by atoms with Crippen molar-refractivity contribution in [1.29, 1.82) is 0 Å². The highest BCUT2D eigenvalue weighted by molar-refractivity contribution is 6.02. The van der Waals surface area contributed by atoms with E-state index >= 15 is 0 Å². The maximum atomic E-state index is 13.6. The predicted molar refractivity (Wildman–Crippen MR) is 159 cm³/mol. The van der Waals surface area contributed by atoms with Crippen molar-refractivity contribution in [2.45, 2.75) is 18.1 Å². The number of nitrogens with zero attached hydrogens (tertiary/aromatic N) is 2. The molecule has 5 rings (SSSR count). The molecular formula is C34H29FN4O2. The van der Waals surface area contributed by atoms with Crippen LogP contribution < -0.4 is 10.6 Å². The van der Waals surface area contributed by atoms with Gasteiger partial charge in [-0.2, -0.15) is 0 Å². The Morgan fingerprint density at radius 2 is 1.54 bits per heavy atom. The summed E-state index contributed by atoms with van der Waals surface area (Å²) in [7, 11) is 0. The van der Waals surface area contributed by atoms with E-state index in [0.717, 1.165) is 11.1 Å². The van der Waals surface area contributed by atoms with Gasteiger partial charge in [-0.25, -0.2) is 9.37 Å². The molecule has 1 amide bonds. The van der Waals surface area contributed by atoms with Crippen molar-refractivity contribution in [3.8, 4) is 0 Å². The molecule has 6 nitrogen and oxygen atoms in total. The Kier molecular flexibility index (Phi) is 8.88. The smallest absolute Gasteiger partial charge is 0.248 e. The molecule has 0 saturated carbocycles. The second kappa shape index (κ2) is 13.3. The van der Waals surface area contributed by atoms with Crippen LogP contribution >= 0.6 is 0 Å². The molecule has 0 spiro atoms. The van der Waals surface area contributed by atoms with E-state index in [1.165, 1.54) is 18.2 Å². The standard InChI is InChI=1S/C34H29FN4O2/c35-26-14-10-11-24(23-26)19-20-31(40)38-28-16-5-4-15-27(28)33(39-30-18-7-9-22-37-30)32(29-17-6-8-21-36-29)34(41)25-12-2-1-3-13-25/h1-23,32-34,41H,(H,37,39)(H,38,40)/t32-,33+,34+/m0/s1. The van der Waals surface area contributed by atoms with Crippen molar-refractivity contribution in [2.24, 2.45) is 0 Å². The van der Waals surface area contributed by atoms with E-state index in [4.69, 9.17) is 0 Å². The van der Waals surface area contributed by atoms with Gasteiger partial charge in [0.2, 0.25) is 5.91 Å². The minimum atomic E-state index is -0.941. The Balaban J connectivity index is 1.55. The zero-order chi connectivity index (χ0) is 28.4. The third-order valence-electron chi connectivity index (χ3n) is 6.67. The summed E-state index contributed by atoms with van der Waals surface area (Å²) < 4.78 is 13.6. The molecule has 5 aromatic rings. The van der Waals surface area contributed by atoms with Crippen LogP contribution in [-0.4, -0.2) is 21.0 Å². The van der Waals surface area contributed by atoms with Crippen LogP contribution in [0, 0.1) is 5.82 Å². The number of hydrogen-bond acceptors (Lipinski definition) is 5. The molecular weight excluding hydrogens is 515 g/mol. The van der Waals surface area contributed by atoms with E-state index < -0.39 is 18.1 Å². The van der Waals surface area contributed by atoms with Gasteiger partial charge >= 0.3 is 0 Å². The van der Waals surface area contributed by atoms with Gasteiger partial charge in [0.15, 0.2) is 0 Å². The number of aliphatic hydroxyl groups is 1. The fourth-order valence-electron chi connectivity index (χ4n) is 4.75. The molecule has 0 fully saturated rings. The van der Waals surface area contributed by atoms with E-state index in [1.54, 1.807) is 36.7 Å². The molecule has 0 aliphatic heterocycles. The number of para-hydroxylation sites is 1. The van der Waals surface area contributed by atoms with E-state index in [9.17, 15) is 14.3 Å². The van der Waals surface area contributed by atoms with Crippen LogP contribution in [0.5, 0.6) is 0 Å². The van der Waals surface area contributed by atoms with Crippen LogP contribution in [0.3, 0.4) is 0 Å². The number of halogens is 1. The zero-order valence-electron chi connectivity index (χ0n) is 22.1. The Labute approximate surface area is 238 Å². The van der Waals surface area contributed by atoms with Crippen molar-refractivity contribution in [3.05, 3.63) is 162 Å². The summed E-state index contributed by atoms with van der Waals surface area (Å²) in [6, 6.07) is 33.4. The lowest BCUT2D eigenvalue weighted by atomic mass is 9.82. The first kappa shape index (κ1) is 27.4. The third kappa shape index (κ3) is 7.09.